The lowest BCUT2D eigenvalue weighted by Gasteiger charge is -1.82. The minimum atomic E-state index is -0.250. The van der Waals surface area contributed by atoms with Crippen LogP contribution in [0.3, 0.4) is 0 Å². The molecular weight excluding hydrogens is 172 g/mol. The van der Waals surface area contributed by atoms with Gasteiger partial charge in [0.2, 0.25) is 0 Å². The number of carbonyl (C=O) groups is 2. The number of aryl methyl sites for hydroxylation is 1. The molecule has 0 fully saturated rings. The number of rotatable bonds is 0. The van der Waals surface area contributed by atoms with Crippen molar-refractivity contribution in [3.63, 3.8) is 0 Å². The van der Waals surface area contributed by atoms with Crippen molar-refractivity contribution >= 4 is 12.9 Å². The molecule has 0 aliphatic carbocycles. The number of carboxylic acid groups (broad SMARTS) is 2. The maximum absolute atomic E-state index is 8.36. The van der Waals surface area contributed by atoms with Crippen molar-refractivity contribution in [3.05, 3.63) is 35.9 Å². The van der Waals surface area contributed by atoms with Gasteiger partial charge in [0.05, 0.1) is 0 Å². The number of benzene rings is 1. The van der Waals surface area contributed by atoms with E-state index in [1.807, 2.05) is 18.2 Å². The van der Waals surface area contributed by atoms with Gasteiger partial charge in [-0.05, 0) is 6.92 Å². The molecule has 72 valence electrons. The van der Waals surface area contributed by atoms with Crippen LogP contribution in [0.15, 0.2) is 30.3 Å². The van der Waals surface area contributed by atoms with Crippen molar-refractivity contribution < 1.29 is 19.8 Å². The van der Waals surface area contributed by atoms with Crippen LogP contribution in [-0.4, -0.2) is 23.2 Å². The van der Waals surface area contributed by atoms with Gasteiger partial charge in [-0.2, -0.15) is 0 Å². The second kappa shape index (κ2) is 12.8. The van der Waals surface area contributed by atoms with Crippen molar-refractivity contribution in [3.8, 4) is 0 Å². The van der Waals surface area contributed by atoms with Crippen molar-refractivity contribution in [2.45, 2.75) is 6.92 Å². The minimum Gasteiger partial charge on any atom is -0.483 e. The molecule has 0 aliphatic rings. The zero-order valence-electron chi connectivity index (χ0n) is 7.25. The summed E-state index contributed by atoms with van der Waals surface area (Å²) < 4.78 is 0. The first-order chi connectivity index (χ1) is 6.22. The van der Waals surface area contributed by atoms with E-state index in [-0.39, 0.29) is 12.9 Å². The van der Waals surface area contributed by atoms with E-state index in [9.17, 15) is 0 Å². The predicted molar refractivity (Wildman–Crippen MR) is 48.6 cm³/mol. The molecule has 0 aliphatic heterocycles. The van der Waals surface area contributed by atoms with E-state index in [2.05, 4.69) is 19.1 Å². The molecule has 0 saturated carbocycles. The minimum absolute atomic E-state index is 0.250. The topological polar surface area (TPSA) is 74.6 Å². The summed E-state index contributed by atoms with van der Waals surface area (Å²) >= 11 is 0. The zero-order valence-corrected chi connectivity index (χ0v) is 7.25. The molecule has 0 saturated heterocycles. The molecule has 4 nitrogen and oxygen atoms in total. The first kappa shape index (κ1) is 13.7. The second-order valence-corrected chi connectivity index (χ2v) is 1.87. The van der Waals surface area contributed by atoms with Gasteiger partial charge in [0.15, 0.2) is 0 Å². The molecule has 1 aromatic carbocycles. The van der Waals surface area contributed by atoms with E-state index < -0.39 is 0 Å². The first-order valence-electron chi connectivity index (χ1n) is 3.40. The van der Waals surface area contributed by atoms with Gasteiger partial charge in [0.25, 0.3) is 12.9 Å². The molecule has 13 heavy (non-hydrogen) atoms. The van der Waals surface area contributed by atoms with Crippen molar-refractivity contribution in [1.82, 2.24) is 0 Å². The Kier molecular flexibility index (Phi) is 13.5. The van der Waals surface area contributed by atoms with Crippen molar-refractivity contribution in [1.29, 1.82) is 0 Å². The van der Waals surface area contributed by atoms with E-state index in [1.165, 1.54) is 5.56 Å². The Labute approximate surface area is 76.4 Å². The van der Waals surface area contributed by atoms with Gasteiger partial charge >= 0.3 is 0 Å². The van der Waals surface area contributed by atoms with Gasteiger partial charge in [-0.25, -0.2) is 0 Å². The zero-order chi connectivity index (χ0) is 10.5. The first-order valence-corrected chi connectivity index (χ1v) is 3.40. The van der Waals surface area contributed by atoms with E-state index in [0.717, 1.165) is 0 Å². The molecule has 4 heteroatoms. The third-order valence-corrected chi connectivity index (χ3v) is 0.940. The molecular formula is C9H12O4. The highest BCUT2D eigenvalue weighted by Crippen LogP contribution is 1.92. The van der Waals surface area contributed by atoms with Gasteiger partial charge < -0.3 is 10.2 Å². The van der Waals surface area contributed by atoms with Crippen LogP contribution in [0.2, 0.25) is 0 Å². The standard InChI is InChI=1S/C7H8.2CH2O2/c1-7-5-3-2-4-6-7;2*2-1-3/h2-6H,1H3;2*1H,(H,2,3). The maximum atomic E-state index is 8.36. The summed E-state index contributed by atoms with van der Waals surface area (Å²) in [5.74, 6) is 0. The van der Waals surface area contributed by atoms with Crippen LogP contribution in [0.1, 0.15) is 5.56 Å². The monoisotopic (exact) mass is 184 g/mol. The lowest BCUT2D eigenvalue weighted by molar-refractivity contribution is -0.123. The molecule has 0 bridgehead atoms. The van der Waals surface area contributed by atoms with Gasteiger partial charge in [0.1, 0.15) is 0 Å². The average molecular weight is 184 g/mol. The molecule has 0 atom stereocenters. The lowest BCUT2D eigenvalue weighted by Crippen LogP contribution is -1.62. The molecule has 1 rings (SSSR count). The smallest absolute Gasteiger partial charge is 0.290 e. The van der Waals surface area contributed by atoms with Crippen LogP contribution in [0.5, 0.6) is 0 Å². The highest BCUT2D eigenvalue weighted by Gasteiger charge is 1.72. The van der Waals surface area contributed by atoms with Crippen LogP contribution >= 0.6 is 0 Å². The fourth-order valence-electron chi connectivity index (χ4n) is 0.534. The fraction of sp³-hybridized carbons (Fsp3) is 0.111. The van der Waals surface area contributed by atoms with Gasteiger partial charge in [0, 0.05) is 0 Å². The summed E-state index contributed by atoms with van der Waals surface area (Å²) in [5.41, 5.74) is 1.32. The molecule has 0 aromatic heterocycles. The Morgan fingerprint density at radius 1 is 1.00 bits per heavy atom. The van der Waals surface area contributed by atoms with Crippen LogP contribution in [0.25, 0.3) is 0 Å². The quantitative estimate of drug-likeness (QED) is 0.597. The van der Waals surface area contributed by atoms with E-state index in [1.54, 1.807) is 0 Å². The fourth-order valence-corrected chi connectivity index (χ4v) is 0.534. The molecule has 0 amide bonds. The Bertz CT molecular complexity index is 202. The molecule has 1 aromatic rings. The van der Waals surface area contributed by atoms with Crippen LogP contribution in [0.4, 0.5) is 0 Å². The Balaban J connectivity index is 0. The Morgan fingerprint density at radius 2 is 1.31 bits per heavy atom. The van der Waals surface area contributed by atoms with E-state index in [0.29, 0.717) is 0 Å². The number of hydrogen-bond acceptors (Lipinski definition) is 2. The third kappa shape index (κ3) is 17.8. The second-order valence-electron chi connectivity index (χ2n) is 1.87. The summed E-state index contributed by atoms with van der Waals surface area (Å²) in [6, 6.07) is 10.3. The Morgan fingerprint density at radius 3 is 1.46 bits per heavy atom. The average Bonchev–Trinajstić information content (AvgIpc) is 2.08. The summed E-state index contributed by atoms with van der Waals surface area (Å²) in [6.07, 6.45) is 0. The highest BCUT2D eigenvalue weighted by atomic mass is 16.3. The molecule has 0 heterocycles. The normalized spacial score (nSPS) is 6.54. The van der Waals surface area contributed by atoms with Crippen LogP contribution in [-0.2, 0) is 9.59 Å². The summed E-state index contributed by atoms with van der Waals surface area (Å²) in [5, 5.41) is 13.8. The summed E-state index contributed by atoms with van der Waals surface area (Å²) in [4.78, 5) is 16.7. The Hall–Kier alpha value is -1.84. The van der Waals surface area contributed by atoms with Gasteiger partial charge in [-0.3, -0.25) is 9.59 Å². The molecule has 0 spiro atoms. The van der Waals surface area contributed by atoms with E-state index >= 15 is 0 Å². The van der Waals surface area contributed by atoms with E-state index in [4.69, 9.17) is 19.8 Å². The van der Waals surface area contributed by atoms with Gasteiger partial charge in [-0.1, -0.05) is 35.9 Å². The van der Waals surface area contributed by atoms with Crippen molar-refractivity contribution in [2.75, 3.05) is 0 Å². The maximum Gasteiger partial charge on any atom is 0.290 e. The molecule has 0 radical (unpaired) electrons. The third-order valence-electron chi connectivity index (χ3n) is 0.940. The number of hydrogen-bond donors (Lipinski definition) is 2. The molecule has 0 unspecified atom stereocenters. The van der Waals surface area contributed by atoms with Crippen LogP contribution < -0.4 is 0 Å². The predicted octanol–water partition coefficient (Wildman–Crippen LogP) is 1.40. The SMILES string of the molecule is Cc1ccccc1.O=CO.O=CO. The molecule has 2 N–H and O–H groups in total. The highest BCUT2D eigenvalue weighted by molar-refractivity contribution is 5.33. The summed E-state index contributed by atoms with van der Waals surface area (Å²) in [7, 11) is 0. The van der Waals surface area contributed by atoms with Gasteiger partial charge in [-0.15, -0.1) is 0 Å². The lowest BCUT2D eigenvalue weighted by atomic mass is 10.2. The summed E-state index contributed by atoms with van der Waals surface area (Å²) in [6.45, 7) is 1.58. The van der Waals surface area contributed by atoms with Crippen molar-refractivity contribution in [2.24, 2.45) is 0 Å². The largest absolute Gasteiger partial charge is 0.483 e. The van der Waals surface area contributed by atoms with Crippen LogP contribution in [0, 0.1) is 6.92 Å².